The average Bonchev–Trinajstić information content (AvgIpc) is 2.56. The molecule has 0 spiro atoms. The smallest absolute Gasteiger partial charge is 0.319 e. The molecule has 15 heavy (non-hydrogen) atoms. The zero-order valence-electron chi connectivity index (χ0n) is 8.01. The molecule has 0 radical (unpaired) electrons. The van der Waals surface area contributed by atoms with E-state index in [1.165, 1.54) is 4.40 Å². The number of aromatic amines is 1. The lowest BCUT2D eigenvalue weighted by Gasteiger charge is -2.33. The molecule has 1 aliphatic heterocycles. The second kappa shape index (κ2) is 2.91. The Hall–Kier alpha value is -1.66. The Bertz CT molecular complexity index is 553. The van der Waals surface area contributed by atoms with Crippen LogP contribution in [0.1, 0.15) is 18.8 Å². The molecule has 0 atom stereocenters. The van der Waals surface area contributed by atoms with E-state index in [1.54, 1.807) is 12.3 Å². The number of rotatable bonds is 1. The van der Waals surface area contributed by atoms with Gasteiger partial charge >= 0.3 is 5.69 Å². The lowest BCUT2D eigenvalue weighted by Crippen LogP contribution is -2.31. The average molecular weight is 207 g/mol. The highest BCUT2D eigenvalue weighted by atomic mass is 16.9. The summed E-state index contributed by atoms with van der Waals surface area (Å²) < 4.78 is 12.1. The summed E-state index contributed by atoms with van der Waals surface area (Å²) in [6.45, 7) is 1.82. The Balaban J connectivity index is 2.06. The van der Waals surface area contributed by atoms with Gasteiger partial charge in [0, 0.05) is 11.8 Å². The van der Waals surface area contributed by atoms with Crippen molar-refractivity contribution in [3.05, 3.63) is 34.4 Å². The first-order chi connectivity index (χ1) is 7.24. The van der Waals surface area contributed by atoms with Crippen molar-refractivity contribution in [2.24, 2.45) is 0 Å². The topological polar surface area (TPSA) is 68.6 Å². The van der Waals surface area contributed by atoms with Crippen LogP contribution in [0, 0.1) is 0 Å². The second-order valence-electron chi connectivity index (χ2n) is 3.39. The first-order valence-corrected chi connectivity index (χ1v) is 4.61. The van der Waals surface area contributed by atoms with Crippen LogP contribution in [-0.2, 0) is 9.47 Å². The van der Waals surface area contributed by atoms with Crippen molar-refractivity contribution in [3.63, 3.8) is 0 Å². The number of pyridine rings is 1. The molecule has 1 N–H and O–H groups in total. The van der Waals surface area contributed by atoms with E-state index in [-0.39, 0.29) is 18.3 Å². The number of aromatic nitrogens is 3. The molecule has 2 aromatic heterocycles. The molecule has 6 nitrogen and oxygen atoms in total. The monoisotopic (exact) mass is 207 g/mol. The van der Waals surface area contributed by atoms with Gasteiger partial charge in [-0.3, -0.25) is 4.40 Å². The third-order valence-corrected chi connectivity index (χ3v) is 2.34. The SMILES string of the molecule is CC1OC(c2ccc3n[nH]c(=O)n3c2)O1. The number of nitrogens with zero attached hydrogens (tertiary/aromatic N) is 2. The molecule has 0 unspecified atom stereocenters. The Morgan fingerprint density at radius 1 is 1.47 bits per heavy atom. The van der Waals surface area contributed by atoms with Crippen LogP contribution < -0.4 is 5.69 Å². The third-order valence-electron chi connectivity index (χ3n) is 2.34. The van der Waals surface area contributed by atoms with Gasteiger partial charge in [0.25, 0.3) is 0 Å². The van der Waals surface area contributed by atoms with Gasteiger partial charge in [0.15, 0.2) is 18.2 Å². The lowest BCUT2D eigenvalue weighted by atomic mass is 10.2. The standard InChI is InChI=1S/C9H9N3O3/c1-5-14-8(15-5)6-2-3-7-10-11-9(13)12(7)4-6/h2-5,8H,1H3,(H,11,13). The number of hydrogen-bond donors (Lipinski definition) is 1. The van der Waals surface area contributed by atoms with Crippen molar-refractivity contribution < 1.29 is 9.47 Å². The van der Waals surface area contributed by atoms with E-state index < -0.39 is 0 Å². The third kappa shape index (κ3) is 1.26. The van der Waals surface area contributed by atoms with Gasteiger partial charge in [-0.2, -0.15) is 5.10 Å². The molecule has 78 valence electrons. The van der Waals surface area contributed by atoms with E-state index in [0.717, 1.165) is 5.56 Å². The zero-order chi connectivity index (χ0) is 10.4. The number of ether oxygens (including phenoxy) is 2. The molecular formula is C9H9N3O3. The molecule has 0 amide bonds. The van der Waals surface area contributed by atoms with Gasteiger partial charge in [0.1, 0.15) is 0 Å². The molecule has 3 rings (SSSR count). The number of hydrogen-bond acceptors (Lipinski definition) is 4. The van der Waals surface area contributed by atoms with Crippen molar-refractivity contribution in [2.45, 2.75) is 19.5 Å². The summed E-state index contributed by atoms with van der Waals surface area (Å²) in [5.74, 6) is 0. The Morgan fingerprint density at radius 2 is 2.27 bits per heavy atom. The summed E-state index contributed by atoms with van der Waals surface area (Å²) >= 11 is 0. The van der Waals surface area contributed by atoms with Crippen LogP contribution >= 0.6 is 0 Å². The van der Waals surface area contributed by atoms with E-state index >= 15 is 0 Å². The highest BCUT2D eigenvalue weighted by Gasteiger charge is 2.28. The lowest BCUT2D eigenvalue weighted by molar-refractivity contribution is -0.382. The van der Waals surface area contributed by atoms with Gasteiger partial charge in [-0.25, -0.2) is 9.89 Å². The molecule has 0 saturated carbocycles. The van der Waals surface area contributed by atoms with Crippen LogP contribution in [0.4, 0.5) is 0 Å². The number of fused-ring (bicyclic) bond motifs is 1. The summed E-state index contributed by atoms with van der Waals surface area (Å²) in [5, 5.41) is 6.18. The summed E-state index contributed by atoms with van der Waals surface area (Å²) in [4.78, 5) is 11.3. The minimum absolute atomic E-state index is 0.174. The van der Waals surface area contributed by atoms with Gasteiger partial charge in [0.05, 0.1) is 0 Å². The Labute approximate surface area is 84.4 Å². The molecule has 2 aromatic rings. The molecule has 6 heteroatoms. The van der Waals surface area contributed by atoms with Crippen molar-refractivity contribution in [3.8, 4) is 0 Å². The predicted molar refractivity (Wildman–Crippen MR) is 50.2 cm³/mol. The molecule has 3 heterocycles. The van der Waals surface area contributed by atoms with E-state index in [0.29, 0.717) is 5.65 Å². The quantitative estimate of drug-likeness (QED) is 0.735. The summed E-state index contributed by atoms with van der Waals surface area (Å²) in [6.07, 6.45) is 1.12. The minimum atomic E-state index is -0.369. The first kappa shape index (κ1) is 8.63. The molecule has 0 aliphatic carbocycles. The first-order valence-electron chi connectivity index (χ1n) is 4.61. The van der Waals surface area contributed by atoms with Gasteiger partial charge in [0.2, 0.25) is 0 Å². The predicted octanol–water partition coefficient (Wildman–Crippen LogP) is 0.414. The van der Waals surface area contributed by atoms with Crippen LogP contribution in [0.5, 0.6) is 0 Å². The van der Waals surface area contributed by atoms with Gasteiger partial charge in [-0.1, -0.05) is 0 Å². The van der Waals surface area contributed by atoms with E-state index in [4.69, 9.17) is 9.47 Å². The summed E-state index contributed by atoms with van der Waals surface area (Å²) in [7, 11) is 0. The molecule has 0 aromatic carbocycles. The minimum Gasteiger partial charge on any atom is -0.319 e. The summed E-state index contributed by atoms with van der Waals surface area (Å²) in [5.41, 5.74) is 1.12. The molecule has 1 fully saturated rings. The van der Waals surface area contributed by atoms with Crippen molar-refractivity contribution in [1.82, 2.24) is 14.6 Å². The Morgan fingerprint density at radius 3 is 3.00 bits per heavy atom. The van der Waals surface area contributed by atoms with E-state index in [1.807, 2.05) is 13.0 Å². The van der Waals surface area contributed by atoms with Crippen LogP contribution in [-0.4, -0.2) is 20.9 Å². The maximum absolute atomic E-state index is 11.3. The maximum atomic E-state index is 11.3. The largest absolute Gasteiger partial charge is 0.347 e. The van der Waals surface area contributed by atoms with Gasteiger partial charge in [-0.05, 0) is 19.1 Å². The van der Waals surface area contributed by atoms with Crippen LogP contribution in [0.15, 0.2) is 23.1 Å². The van der Waals surface area contributed by atoms with Crippen LogP contribution in [0.3, 0.4) is 0 Å². The van der Waals surface area contributed by atoms with Gasteiger partial charge < -0.3 is 9.47 Å². The van der Waals surface area contributed by atoms with Crippen LogP contribution in [0.25, 0.3) is 5.65 Å². The molecule has 1 saturated heterocycles. The van der Waals surface area contributed by atoms with Crippen molar-refractivity contribution in [1.29, 1.82) is 0 Å². The Kier molecular flexibility index (Phi) is 1.68. The molecule has 0 bridgehead atoms. The van der Waals surface area contributed by atoms with Gasteiger partial charge in [-0.15, -0.1) is 0 Å². The van der Waals surface area contributed by atoms with Crippen molar-refractivity contribution in [2.75, 3.05) is 0 Å². The fraction of sp³-hybridized carbons (Fsp3) is 0.333. The van der Waals surface area contributed by atoms with E-state index in [9.17, 15) is 4.79 Å². The summed E-state index contributed by atoms with van der Waals surface area (Å²) in [6, 6.07) is 3.56. The number of H-pyrrole nitrogens is 1. The van der Waals surface area contributed by atoms with E-state index in [2.05, 4.69) is 10.2 Å². The molecular weight excluding hydrogens is 198 g/mol. The normalized spacial score (nSPS) is 25.4. The highest BCUT2D eigenvalue weighted by Crippen LogP contribution is 2.30. The van der Waals surface area contributed by atoms with Crippen molar-refractivity contribution >= 4 is 5.65 Å². The fourth-order valence-electron chi connectivity index (χ4n) is 1.58. The second-order valence-corrected chi connectivity index (χ2v) is 3.39. The fourth-order valence-corrected chi connectivity index (χ4v) is 1.58. The number of nitrogens with one attached hydrogen (secondary N) is 1. The zero-order valence-corrected chi connectivity index (χ0v) is 8.01. The maximum Gasteiger partial charge on any atom is 0.347 e. The van der Waals surface area contributed by atoms with Crippen LogP contribution in [0.2, 0.25) is 0 Å². The highest BCUT2D eigenvalue weighted by molar-refractivity contribution is 5.38. The molecule has 1 aliphatic rings.